The first-order chi connectivity index (χ1) is 15.6. The molecule has 1 atom stereocenters. The van der Waals surface area contributed by atoms with E-state index >= 15 is 0 Å². The summed E-state index contributed by atoms with van der Waals surface area (Å²) in [6.07, 6.45) is 2.72. The van der Waals surface area contributed by atoms with Crippen LogP contribution in [0.4, 0.5) is 0 Å². The Bertz CT molecular complexity index is 990. The van der Waals surface area contributed by atoms with Gasteiger partial charge in [-0.1, -0.05) is 36.7 Å². The molecule has 0 bridgehead atoms. The van der Waals surface area contributed by atoms with Gasteiger partial charge in [0.1, 0.15) is 19.0 Å². The van der Waals surface area contributed by atoms with E-state index in [1.54, 1.807) is 12.1 Å². The number of nitrogens with one attached hydrogen (secondary N) is 1. The SMILES string of the molecule is CCC(NC(=O)c1cc(Cl)c2c(c1)OCCO2)c1ccccc1OCC(=O)N1CCCC1. The minimum atomic E-state index is -0.299. The first-order valence-corrected chi connectivity index (χ1v) is 11.3. The second-order valence-corrected chi connectivity index (χ2v) is 8.24. The second-order valence-electron chi connectivity index (χ2n) is 7.83. The van der Waals surface area contributed by atoms with Crippen LogP contribution >= 0.6 is 11.6 Å². The molecule has 0 radical (unpaired) electrons. The van der Waals surface area contributed by atoms with Crippen LogP contribution in [0.3, 0.4) is 0 Å². The van der Waals surface area contributed by atoms with Crippen molar-refractivity contribution in [3.8, 4) is 17.2 Å². The standard InChI is InChI=1S/C24H27ClN2O5/c1-2-19(26-24(29)16-13-18(25)23-21(14-16)30-11-12-31-23)17-7-3-4-8-20(17)32-15-22(28)27-9-5-6-10-27/h3-4,7-8,13-14,19H,2,5-6,9-12,15H2,1H3,(H,26,29). The quantitative estimate of drug-likeness (QED) is 0.678. The fourth-order valence-corrected chi connectivity index (χ4v) is 4.25. The van der Waals surface area contributed by atoms with E-state index in [9.17, 15) is 9.59 Å². The van der Waals surface area contributed by atoms with Gasteiger partial charge in [0.15, 0.2) is 18.1 Å². The minimum Gasteiger partial charge on any atom is -0.486 e. The fraction of sp³-hybridized carbons (Fsp3) is 0.417. The van der Waals surface area contributed by atoms with E-state index < -0.39 is 0 Å². The zero-order chi connectivity index (χ0) is 22.5. The normalized spacial score (nSPS) is 15.9. The number of hydrogen-bond donors (Lipinski definition) is 1. The van der Waals surface area contributed by atoms with E-state index in [-0.39, 0.29) is 24.5 Å². The van der Waals surface area contributed by atoms with Crippen LogP contribution in [-0.2, 0) is 4.79 Å². The Balaban J connectivity index is 1.47. The van der Waals surface area contributed by atoms with Crippen LogP contribution in [0, 0.1) is 0 Å². The van der Waals surface area contributed by atoms with Gasteiger partial charge >= 0.3 is 0 Å². The molecular formula is C24H27ClN2O5. The summed E-state index contributed by atoms with van der Waals surface area (Å²) in [5.74, 6) is 1.22. The van der Waals surface area contributed by atoms with Crippen LogP contribution in [0.15, 0.2) is 36.4 Å². The van der Waals surface area contributed by atoms with Gasteiger partial charge in [0.2, 0.25) is 0 Å². The Morgan fingerprint density at radius 2 is 1.91 bits per heavy atom. The third-order valence-electron chi connectivity index (χ3n) is 5.68. The van der Waals surface area contributed by atoms with Crippen molar-refractivity contribution < 1.29 is 23.8 Å². The van der Waals surface area contributed by atoms with Crippen molar-refractivity contribution in [1.29, 1.82) is 0 Å². The summed E-state index contributed by atoms with van der Waals surface area (Å²) in [5.41, 5.74) is 1.21. The average Bonchev–Trinajstić information content (AvgIpc) is 3.36. The maximum atomic E-state index is 13.0. The Morgan fingerprint density at radius 1 is 1.16 bits per heavy atom. The summed E-state index contributed by atoms with van der Waals surface area (Å²) < 4.78 is 17.0. The number of hydrogen-bond acceptors (Lipinski definition) is 5. The molecule has 0 saturated carbocycles. The van der Waals surface area contributed by atoms with Crippen LogP contribution in [0.25, 0.3) is 0 Å². The molecule has 8 heteroatoms. The van der Waals surface area contributed by atoms with Crippen molar-refractivity contribution in [3.05, 3.63) is 52.5 Å². The maximum absolute atomic E-state index is 13.0. The molecule has 2 amide bonds. The van der Waals surface area contributed by atoms with Crippen molar-refractivity contribution in [3.63, 3.8) is 0 Å². The number of likely N-dealkylation sites (tertiary alicyclic amines) is 1. The van der Waals surface area contributed by atoms with Crippen LogP contribution in [-0.4, -0.2) is 49.6 Å². The number of amides is 2. The fourth-order valence-electron chi connectivity index (χ4n) is 3.98. The Hall–Kier alpha value is -2.93. The highest BCUT2D eigenvalue weighted by atomic mass is 35.5. The highest BCUT2D eigenvalue weighted by Gasteiger charge is 2.23. The Morgan fingerprint density at radius 3 is 2.69 bits per heavy atom. The van der Waals surface area contributed by atoms with E-state index in [1.165, 1.54) is 0 Å². The van der Waals surface area contributed by atoms with Crippen LogP contribution in [0.5, 0.6) is 17.2 Å². The van der Waals surface area contributed by atoms with E-state index in [0.29, 0.717) is 47.5 Å². The number of carbonyl (C=O) groups is 2. The first kappa shape index (κ1) is 22.3. The zero-order valence-electron chi connectivity index (χ0n) is 18.1. The smallest absolute Gasteiger partial charge is 0.260 e. The van der Waals surface area contributed by atoms with Gasteiger partial charge in [0.05, 0.1) is 11.1 Å². The average molecular weight is 459 g/mol. The van der Waals surface area contributed by atoms with Gasteiger partial charge in [-0.25, -0.2) is 0 Å². The molecule has 4 rings (SSSR count). The third-order valence-corrected chi connectivity index (χ3v) is 5.96. The molecule has 7 nitrogen and oxygen atoms in total. The summed E-state index contributed by atoms with van der Waals surface area (Å²) in [6.45, 7) is 4.37. The molecule has 2 aromatic rings. The molecule has 32 heavy (non-hydrogen) atoms. The first-order valence-electron chi connectivity index (χ1n) is 11.0. The van der Waals surface area contributed by atoms with Gasteiger partial charge in [-0.05, 0) is 37.5 Å². The number of rotatable bonds is 7. The lowest BCUT2D eigenvalue weighted by Crippen LogP contribution is -2.32. The largest absolute Gasteiger partial charge is 0.486 e. The molecule has 1 saturated heterocycles. The van der Waals surface area contributed by atoms with Crippen LogP contribution in [0.2, 0.25) is 5.02 Å². The monoisotopic (exact) mass is 458 g/mol. The molecule has 2 aromatic carbocycles. The summed E-state index contributed by atoms with van der Waals surface area (Å²) in [5, 5.41) is 3.38. The molecule has 2 heterocycles. The van der Waals surface area contributed by atoms with E-state index in [0.717, 1.165) is 31.5 Å². The maximum Gasteiger partial charge on any atom is 0.260 e. The Labute approximate surface area is 192 Å². The van der Waals surface area contributed by atoms with Gasteiger partial charge in [-0.15, -0.1) is 0 Å². The molecule has 0 aromatic heterocycles. The van der Waals surface area contributed by atoms with Crippen molar-refractivity contribution in [2.24, 2.45) is 0 Å². The Kier molecular flexibility index (Phi) is 7.05. The summed E-state index contributed by atoms with van der Waals surface area (Å²) in [6, 6.07) is 10.4. The highest BCUT2D eigenvalue weighted by molar-refractivity contribution is 6.32. The second kappa shape index (κ2) is 10.1. The predicted molar refractivity (Wildman–Crippen MR) is 121 cm³/mol. The van der Waals surface area contributed by atoms with E-state index in [4.69, 9.17) is 25.8 Å². The lowest BCUT2D eigenvalue weighted by Gasteiger charge is -2.23. The molecule has 0 aliphatic carbocycles. The highest BCUT2D eigenvalue weighted by Crippen LogP contribution is 2.38. The van der Waals surface area contributed by atoms with Crippen molar-refractivity contribution in [2.45, 2.75) is 32.2 Å². The number of benzene rings is 2. The summed E-state index contributed by atoms with van der Waals surface area (Å²) in [4.78, 5) is 27.2. The molecule has 1 N–H and O–H groups in total. The molecule has 1 fully saturated rings. The summed E-state index contributed by atoms with van der Waals surface area (Å²) in [7, 11) is 0. The molecule has 170 valence electrons. The van der Waals surface area contributed by atoms with Gasteiger partial charge in [0, 0.05) is 24.2 Å². The van der Waals surface area contributed by atoms with Gasteiger partial charge in [-0.2, -0.15) is 0 Å². The zero-order valence-corrected chi connectivity index (χ0v) is 18.8. The number of fused-ring (bicyclic) bond motifs is 1. The lowest BCUT2D eigenvalue weighted by atomic mass is 10.0. The van der Waals surface area contributed by atoms with E-state index in [2.05, 4.69) is 5.32 Å². The molecule has 0 spiro atoms. The van der Waals surface area contributed by atoms with Crippen LogP contribution in [0.1, 0.15) is 48.1 Å². The number of nitrogens with zero attached hydrogens (tertiary/aromatic N) is 1. The number of carbonyl (C=O) groups excluding carboxylic acids is 2. The van der Waals surface area contributed by atoms with Crippen molar-refractivity contribution >= 4 is 23.4 Å². The predicted octanol–water partition coefficient (Wildman–Crippen LogP) is 3.99. The molecule has 2 aliphatic rings. The summed E-state index contributed by atoms with van der Waals surface area (Å²) >= 11 is 6.29. The van der Waals surface area contributed by atoms with Gasteiger partial charge in [-0.3, -0.25) is 9.59 Å². The van der Waals surface area contributed by atoms with Crippen molar-refractivity contribution in [1.82, 2.24) is 10.2 Å². The van der Waals surface area contributed by atoms with Gasteiger partial charge in [0.25, 0.3) is 11.8 Å². The lowest BCUT2D eigenvalue weighted by molar-refractivity contribution is -0.132. The topological polar surface area (TPSA) is 77.1 Å². The molecular weight excluding hydrogens is 432 g/mol. The minimum absolute atomic E-state index is 0.0136. The molecule has 2 aliphatic heterocycles. The van der Waals surface area contributed by atoms with Gasteiger partial charge < -0.3 is 24.4 Å². The number of halogens is 1. The van der Waals surface area contributed by atoms with Crippen LogP contribution < -0.4 is 19.5 Å². The van der Waals surface area contributed by atoms with E-state index in [1.807, 2.05) is 36.1 Å². The third kappa shape index (κ3) is 4.93. The number of ether oxygens (including phenoxy) is 3. The van der Waals surface area contributed by atoms with Crippen molar-refractivity contribution in [2.75, 3.05) is 32.9 Å². The molecule has 1 unspecified atom stereocenters. The number of para-hydroxylation sites is 1.